The van der Waals surface area contributed by atoms with Crippen LogP contribution in [-0.4, -0.2) is 33.8 Å². The molecule has 0 saturated heterocycles. The van der Waals surface area contributed by atoms with E-state index >= 15 is 0 Å². The first-order valence-electron chi connectivity index (χ1n) is 5.75. The zero-order valence-corrected chi connectivity index (χ0v) is 11.3. The molecule has 9 heteroatoms. The highest BCUT2D eigenvalue weighted by atomic mass is 16.6. The van der Waals surface area contributed by atoms with Crippen molar-refractivity contribution in [2.45, 2.75) is 26.4 Å². The van der Waals surface area contributed by atoms with Crippen LogP contribution in [0.4, 0.5) is 16.2 Å². The molecule has 0 heterocycles. The fourth-order valence-electron chi connectivity index (χ4n) is 1.49. The molecule has 0 bridgehead atoms. The number of hydrogen-bond donors (Lipinski definition) is 3. The first kappa shape index (κ1) is 15.9. The van der Waals surface area contributed by atoms with Crippen molar-refractivity contribution in [2.24, 2.45) is 0 Å². The highest BCUT2D eigenvalue weighted by molar-refractivity contribution is 6.60. The van der Waals surface area contributed by atoms with Gasteiger partial charge in [-0.15, -0.1) is 0 Å². The Morgan fingerprint density at radius 3 is 2.45 bits per heavy atom. The molecular weight excluding hydrogens is 267 g/mol. The van der Waals surface area contributed by atoms with Crippen molar-refractivity contribution >= 4 is 30.0 Å². The summed E-state index contributed by atoms with van der Waals surface area (Å²) in [6.07, 6.45) is -0.870. The molecule has 0 aliphatic heterocycles. The van der Waals surface area contributed by atoms with Crippen LogP contribution in [0.3, 0.4) is 0 Å². The van der Waals surface area contributed by atoms with Gasteiger partial charge in [0.05, 0.1) is 10.4 Å². The Kier molecular flexibility index (Phi) is 4.69. The number of hydrogen-bond acceptors (Lipinski definition) is 6. The van der Waals surface area contributed by atoms with Gasteiger partial charge in [0, 0.05) is 0 Å². The summed E-state index contributed by atoms with van der Waals surface area (Å²) in [4.78, 5) is 21.8. The molecule has 0 saturated carbocycles. The third-order valence-corrected chi connectivity index (χ3v) is 2.16. The second-order valence-corrected chi connectivity index (χ2v) is 5.00. The summed E-state index contributed by atoms with van der Waals surface area (Å²) in [5.74, 6) is 0. The van der Waals surface area contributed by atoms with E-state index < -0.39 is 29.4 Å². The van der Waals surface area contributed by atoms with E-state index in [2.05, 4.69) is 5.32 Å². The van der Waals surface area contributed by atoms with Crippen LogP contribution < -0.4 is 10.8 Å². The van der Waals surface area contributed by atoms with Crippen LogP contribution in [0.25, 0.3) is 0 Å². The third kappa shape index (κ3) is 4.21. The van der Waals surface area contributed by atoms with Crippen molar-refractivity contribution in [3.63, 3.8) is 0 Å². The van der Waals surface area contributed by atoms with Gasteiger partial charge in [-0.25, -0.2) is 4.79 Å². The number of rotatable bonds is 3. The molecule has 1 amide bonds. The monoisotopic (exact) mass is 282 g/mol. The Labute approximate surface area is 115 Å². The van der Waals surface area contributed by atoms with Crippen LogP contribution in [0.15, 0.2) is 18.2 Å². The van der Waals surface area contributed by atoms with Crippen molar-refractivity contribution in [1.29, 1.82) is 0 Å². The second kappa shape index (κ2) is 5.89. The number of nitro benzene ring substituents is 1. The van der Waals surface area contributed by atoms with Crippen LogP contribution in [0.2, 0.25) is 0 Å². The summed E-state index contributed by atoms with van der Waals surface area (Å²) in [6, 6.07) is 3.81. The lowest BCUT2D eigenvalue weighted by molar-refractivity contribution is -0.382. The van der Waals surface area contributed by atoms with Crippen LogP contribution in [0.5, 0.6) is 0 Å². The number of nitrogens with one attached hydrogen (secondary N) is 1. The molecule has 1 rings (SSSR count). The van der Waals surface area contributed by atoms with Crippen LogP contribution >= 0.6 is 0 Å². The highest BCUT2D eigenvalue weighted by Crippen LogP contribution is 2.22. The average molecular weight is 282 g/mol. The number of ether oxygens (including phenoxy) is 1. The van der Waals surface area contributed by atoms with Gasteiger partial charge in [-0.1, -0.05) is 12.1 Å². The van der Waals surface area contributed by atoms with Crippen molar-refractivity contribution in [1.82, 2.24) is 0 Å². The molecule has 108 valence electrons. The molecule has 8 nitrogen and oxygen atoms in total. The number of nitrogens with zero attached hydrogens (tertiary/aromatic N) is 1. The smallest absolute Gasteiger partial charge is 0.444 e. The third-order valence-electron chi connectivity index (χ3n) is 2.16. The summed E-state index contributed by atoms with van der Waals surface area (Å²) < 4.78 is 4.98. The summed E-state index contributed by atoms with van der Waals surface area (Å²) in [5.41, 5.74) is -1.83. The Hall–Kier alpha value is -2.13. The Bertz CT molecular complexity index is 526. The summed E-state index contributed by atoms with van der Waals surface area (Å²) in [6.45, 7) is 4.94. The molecule has 0 aliphatic rings. The fourth-order valence-corrected chi connectivity index (χ4v) is 1.49. The van der Waals surface area contributed by atoms with Gasteiger partial charge in [0.15, 0.2) is 0 Å². The fraction of sp³-hybridized carbons (Fsp3) is 0.364. The summed E-state index contributed by atoms with van der Waals surface area (Å²) >= 11 is 0. The minimum Gasteiger partial charge on any atom is -0.444 e. The van der Waals surface area contributed by atoms with E-state index in [1.54, 1.807) is 20.8 Å². The van der Waals surface area contributed by atoms with E-state index in [-0.39, 0.29) is 11.2 Å². The molecule has 3 N–H and O–H groups in total. The zero-order chi connectivity index (χ0) is 15.5. The van der Waals surface area contributed by atoms with E-state index in [1.165, 1.54) is 18.2 Å². The number of amides is 1. The van der Waals surface area contributed by atoms with E-state index in [4.69, 9.17) is 14.8 Å². The lowest BCUT2D eigenvalue weighted by atomic mass is 9.78. The van der Waals surface area contributed by atoms with E-state index in [0.29, 0.717) is 0 Å². The maximum absolute atomic E-state index is 11.6. The Morgan fingerprint density at radius 1 is 1.40 bits per heavy atom. The largest absolute Gasteiger partial charge is 0.495 e. The maximum Gasteiger partial charge on any atom is 0.495 e. The Balaban J connectivity index is 3.10. The minimum atomic E-state index is -2.02. The maximum atomic E-state index is 11.6. The lowest BCUT2D eigenvalue weighted by Crippen LogP contribution is -2.33. The molecule has 20 heavy (non-hydrogen) atoms. The topological polar surface area (TPSA) is 122 Å². The normalized spacial score (nSPS) is 10.8. The first-order chi connectivity index (χ1) is 9.11. The number of anilines is 1. The molecule has 0 unspecified atom stereocenters. The second-order valence-electron chi connectivity index (χ2n) is 5.00. The van der Waals surface area contributed by atoms with Gasteiger partial charge in [0.2, 0.25) is 0 Å². The first-order valence-corrected chi connectivity index (χ1v) is 5.75. The van der Waals surface area contributed by atoms with Crippen molar-refractivity contribution in [3.05, 3.63) is 28.3 Å². The van der Waals surface area contributed by atoms with E-state index in [1.807, 2.05) is 0 Å². The van der Waals surface area contributed by atoms with Gasteiger partial charge >= 0.3 is 13.2 Å². The number of carbonyl (C=O) groups excluding carboxylic acids is 1. The molecule has 0 aromatic heterocycles. The molecule has 1 aromatic rings. The molecule has 1 aromatic carbocycles. The molecule has 0 spiro atoms. The van der Waals surface area contributed by atoms with Gasteiger partial charge in [-0.3, -0.25) is 15.4 Å². The van der Waals surface area contributed by atoms with Gasteiger partial charge in [0.25, 0.3) is 5.69 Å². The predicted octanol–water partition coefficient (Wildman–Crippen LogP) is 0.622. The number of benzene rings is 1. The number of carbonyl (C=O) groups is 1. The highest BCUT2D eigenvalue weighted by Gasteiger charge is 2.28. The van der Waals surface area contributed by atoms with Gasteiger partial charge < -0.3 is 14.8 Å². The predicted molar refractivity (Wildman–Crippen MR) is 72.8 cm³/mol. The summed E-state index contributed by atoms with van der Waals surface area (Å²) in [7, 11) is -2.02. The van der Waals surface area contributed by atoms with Crippen LogP contribution in [0.1, 0.15) is 20.8 Å². The van der Waals surface area contributed by atoms with E-state index in [9.17, 15) is 14.9 Å². The standard InChI is InChI=1S/C11H15BN2O6/c1-11(2,3)20-10(15)13-8-6-4-5-7(12(16)17)9(8)14(18)19/h4-6,16-17H,1-3H3,(H,13,15). The van der Waals surface area contributed by atoms with Gasteiger partial charge in [0.1, 0.15) is 11.3 Å². The van der Waals surface area contributed by atoms with Gasteiger partial charge in [-0.2, -0.15) is 0 Å². The van der Waals surface area contributed by atoms with E-state index in [0.717, 1.165) is 0 Å². The SMILES string of the molecule is CC(C)(C)OC(=O)Nc1cccc(B(O)O)c1[N+](=O)[O-]. The van der Waals surface area contributed by atoms with Crippen LogP contribution in [-0.2, 0) is 4.74 Å². The van der Waals surface area contributed by atoms with Gasteiger partial charge in [-0.05, 0) is 26.8 Å². The molecule has 0 fully saturated rings. The zero-order valence-electron chi connectivity index (χ0n) is 11.3. The lowest BCUT2D eigenvalue weighted by Gasteiger charge is -2.19. The van der Waals surface area contributed by atoms with Crippen molar-refractivity contribution in [2.75, 3.05) is 5.32 Å². The minimum absolute atomic E-state index is 0.171. The van der Waals surface area contributed by atoms with Crippen molar-refractivity contribution in [3.8, 4) is 0 Å². The quantitative estimate of drug-likeness (QED) is 0.424. The molecule has 0 aliphatic carbocycles. The summed E-state index contributed by atoms with van der Waals surface area (Å²) in [5, 5.41) is 31.4. The number of para-hydroxylation sites is 1. The molecule has 0 atom stereocenters. The van der Waals surface area contributed by atoms with Crippen molar-refractivity contribution < 1.29 is 24.5 Å². The average Bonchev–Trinajstić information content (AvgIpc) is 2.25. The van der Waals surface area contributed by atoms with Crippen LogP contribution in [0, 0.1) is 10.1 Å². The number of nitro groups is 1. The molecule has 0 radical (unpaired) electrons. The molecular formula is C11H15BN2O6. The Morgan fingerprint density at radius 2 is 2.00 bits per heavy atom.